The highest BCUT2D eigenvalue weighted by Crippen LogP contribution is 2.32. The van der Waals surface area contributed by atoms with E-state index in [-0.39, 0.29) is 18.6 Å². The molecule has 0 aliphatic carbocycles. The van der Waals surface area contributed by atoms with E-state index in [4.69, 9.17) is 9.84 Å². The second-order valence-corrected chi connectivity index (χ2v) is 4.41. The van der Waals surface area contributed by atoms with Crippen LogP contribution in [-0.4, -0.2) is 48.8 Å². The Labute approximate surface area is 106 Å². The molecule has 1 amide bonds. The van der Waals surface area contributed by atoms with E-state index in [1.54, 1.807) is 20.0 Å². The van der Waals surface area contributed by atoms with Gasteiger partial charge < -0.3 is 20.1 Å². The number of amides is 1. The number of ether oxygens (including phenoxy) is 1. The lowest BCUT2D eigenvalue weighted by Gasteiger charge is -2.26. The molecule has 1 aliphatic rings. The molecule has 0 aromatic heterocycles. The molecule has 2 N–H and O–H groups in total. The molecule has 0 saturated carbocycles. The van der Waals surface area contributed by atoms with Gasteiger partial charge >= 0.3 is 0 Å². The number of carbonyl (C=O) groups excluding carboxylic acids is 1. The molecule has 1 aromatic rings. The van der Waals surface area contributed by atoms with Gasteiger partial charge in [0.25, 0.3) is 5.91 Å². The van der Waals surface area contributed by atoms with Gasteiger partial charge in [-0.25, -0.2) is 0 Å². The van der Waals surface area contributed by atoms with E-state index in [1.807, 2.05) is 12.1 Å². The molecule has 2 rings (SSSR count). The number of likely N-dealkylation sites (N-methyl/N-ethyl adjacent to an activating group) is 1. The monoisotopic (exact) mass is 250 g/mol. The molecule has 1 atom stereocenters. The predicted octanol–water partition coefficient (Wildman–Crippen LogP) is 0.944. The standard InChI is InChI=1S/C13H18N2O3/c1-9(8-16)15(2)13(17)10-4-3-5-11-12(10)18-7-6-14-11/h3-5,9,14,16H,6-8H2,1-2H3. The van der Waals surface area contributed by atoms with Crippen LogP contribution in [0.5, 0.6) is 5.75 Å². The number of para-hydroxylation sites is 1. The number of hydrogen-bond acceptors (Lipinski definition) is 4. The summed E-state index contributed by atoms with van der Waals surface area (Å²) in [5.74, 6) is 0.461. The number of nitrogens with zero attached hydrogens (tertiary/aromatic N) is 1. The molecule has 0 fully saturated rings. The zero-order chi connectivity index (χ0) is 13.1. The van der Waals surface area contributed by atoms with Crippen LogP contribution in [0.25, 0.3) is 0 Å². The van der Waals surface area contributed by atoms with Crippen LogP contribution in [0.4, 0.5) is 5.69 Å². The van der Waals surface area contributed by atoms with Crippen molar-refractivity contribution < 1.29 is 14.6 Å². The van der Waals surface area contributed by atoms with Gasteiger partial charge in [-0.15, -0.1) is 0 Å². The second-order valence-electron chi connectivity index (χ2n) is 4.41. The van der Waals surface area contributed by atoms with Crippen molar-refractivity contribution in [3.05, 3.63) is 23.8 Å². The predicted molar refractivity (Wildman–Crippen MR) is 69.1 cm³/mol. The van der Waals surface area contributed by atoms with Crippen LogP contribution in [-0.2, 0) is 0 Å². The van der Waals surface area contributed by atoms with Crippen LogP contribution in [0.1, 0.15) is 17.3 Å². The molecule has 5 nitrogen and oxygen atoms in total. The molecule has 0 bridgehead atoms. The molecule has 5 heteroatoms. The SMILES string of the molecule is CC(CO)N(C)C(=O)c1cccc2c1OCCN2. The molecule has 98 valence electrons. The average molecular weight is 250 g/mol. The summed E-state index contributed by atoms with van der Waals surface area (Å²) >= 11 is 0. The fourth-order valence-electron chi connectivity index (χ4n) is 1.85. The highest BCUT2D eigenvalue weighted by molar-refractivity contribution is 5.99. The maximum absolute atomic E-state index is 12.3. The molecule has 1 heterocycles. The second kappa shape index (κ2) is 5.27. The van der Waals surface area contributed by atoms with Crippen LogP contribution in [0.2, 0.25) is 0 Å². The summed E-state index contributed by atoms with van der Waals surface area (Å²) in [4.78, 5) is 13.8. The van der Waals surface area contributed by atoms with E-state index in [2.05, 4.69) is 5.32 Å². The summed E-state index contributed by atoms with van der Waals surface area (Å²) in [6.07, 6.45) is 0. The van der Waals surface area contributed by atoms with Gasteiger partial charge in [0.05, 0.1) is 23.9 Å². The van der Waals surface area contributed by atoms with Crippen LogP contribution < -0.4 is 10.1 Å². The highest BCUT2D eigenvalue weighted by atomic mass is 16.5. The number of rotatable bonds is 3. The minimum Gasteiger partial charge on any atom is -0.489 e. The fourth-order valence-corrected chi connectivity index (χ4v) is 1.85. The van der Waals surface area contributed by atoms with E-state index in [1.165, 1.54) is 4.90 Å². The minimum absolute atomic E-state index is 0.0592. The zero-order valence-corrected chi connectivity index (χ0v) is 10.6. The van der Waals surface area contributed by atoms with Gasteiger partial charge in [0.1, 0.15) is 6.61 Å². The van der Waals surface area contributed by atoms with Crippen LogP contribution in [0.15, 0.2) is 18.2 Å². The lowest BCUT2D eigenvalue weighted by atomic mass is 10.1. The van der Waals surface area contributed by atoms with Crippen molar-refractivity contribution in [2.24, 2.45) is 0 Å². The number of aliphatic hydroxyl groups excluding tert-OH is 1. The first-order valence-corrected chi connectivity index (χ1v) is 6.03. The fraction of sp³-hybridized carbons (Fsp3) is 0.462. The normalized spacial score (nSPS) is 15.1. The van der Waals surface area contributed by atoms with Gasteiger partial charge in [0.2, 0.25) is 0 Å². The van der Waals surface area contributed by atoms with Gasteiger partial charge in [0, 0.05) is 13.6 Å². The summed E-state index contributed by atoms with van der Waals surface area (Å²) < 4.78 is 5.57. The third kappa shape index (κ3) is 2.26. The van der Waals surface area contributed by atoms with E-state index >= 15 is 0 Å². The Morgan fingerprint density at radius 2 is 2.39 bits per heavy atom. The molecule has 0 radical (unpaired) electrons. The number of nitrogens with one attached hydrogen (secondary N) is 1. The summed E-state index contributed by atoms with van der Waals surface area (Å²) in [5, 5.41) is 12.3. The lowest BCUT2D eigenvalue weighted by Crippen LogP contribution is -2.37. The Bertz CT molecular complexity index is 448. The summed E-state index contributed by atoms with van der Waals surface area (Å²) in [6, 6.07) is 5.24. The Balaban J connectivity index is 2.30. The molecular formula is C13H18N2O3. The van der Waals surface area contributed by atoms with Crippen molar-refractivity contribution in [2.75, 3.05) is 32.1 Å². The highest BCUT2D eigenvalue weighted by Gasteiger charge is 2.23. The Morgan fingerprint density at radius 3 is 3.11 bits per heavy atom. The van der Waals surface area contributed by atoms with Gasteiger partial charge in [-0.1, -0.05) is 6.07 Å². The molecule has 0 spiro atoms. The number of anilines is 1. The number of carbonyl (C=O) groups is 1. The van der Waals surface area contributed by atoms with Crippen molar-refractivity contribution in [3.8, 4) is 5.75 Å². The number of fused-ring (bicyclic) bond motifs is 1. The number of benzene rings is 1. The quantitative estimate of drug-likeness (QED) is 0.838. The average Bonchev–Trinajstić information content (AvgIpc) is 2.44. The molecule has 1 unspecified atom stereocenters. The molecular weight excluding hydrogens is 232 g/mol. The van der Waals surface area contributed by atoms with Crippen molar-refractivity contribution >= 4 is 11.6 Å². The molecule has 0 saturated heterocycles. The van der Waals surface area contributed by atoms with Crippen molar-refractivity contribution in [1.82, 2.24) is 4.90 Å². The Hall–Kier alpha value is -1.75. The van der Waals surface area contributed by atoms with E-state index in [0.29, 0.717) is 17.9 Å². The lowest BCUT2D eigenvalue weighted by molar-refractivity contribution is 0.0678. The van der Waals surface area contributed by atoms with Crippen molar-refractivity contribution in [1.29, 1.82) is 0 Å². The van der Waals surface area contributed by atoms with E-state index in [9.17, 15) is 4.79 Å². The van der Waals surface area contributed by atoms with Crippen molar-refractivity contribution in [2.45, 2.75) is 13.0 Å². The van der Waals surface area contributed by atoms with E-state index < -0.39 is 0 Å². The number of hydrogen-bond donors (Lipinski definition) is 2. The third-order valence-corrected chi connectivity index (χ3v) is 3.16. The molecule has 1 aliphatic heterocycles. The summed E-state index contributed by atoms with van der Waals surface area (Å²) in [7, 11) is 1.68. The first-order chi connectivity index (χ1) is 8.65. The maximum Gasteiger partial charge on any atom is 0.257 e. The third-order valence-electron chi connectivity index (χ3n) is 3.16. The molecule has 1 aromatic carbocycles. The summed E-state index contributed by atoms with van der Waals surface area (Å²) in [6.45, 7) is 3.03. The van der Waals surface area contributed by atoms with Crippen molar-refractivity contribution in [3.63, 3.8) is 0 Å². The van der Waals surface area contributed by atoms with Gasteiger partial charge in [0.15, 0.2) is 5.75 Å². The van der Waals surface area contributed by atoms with Gasteiger partial charge in [-0.3, -0.25) is 4.79 Å². The summed E-state index contributed by atoms with van der Waals surface area (Å²) in [5.41, 5.74) is 1.37. The van der Waals surface area contributed by atoms with Crippen LogP contribution in [0.3, 0.4) is 0 Å². The minimum atomic E-state index is -0.218. The maximum atomic E-state index is 12.3. The van der Waals surface area contributed by atoms with Gasteiger partial charge in [-0.05, 0) is 19.1 Å². The number of aliphatic hydroxyl groups is 1. The van der Waals surface area contributed by atoms with Gasteiger partial charge in [-0.2, -0.15) is 0 Å². The molecule has 18 heavy (non-hydrogen) atoms. The van der Waals surface area contributed by atoms with Crippen LogP contribution in [0, 0.1) is 0 Å². The Morgan fingerprint density at radius 1 is 1.61 bits per heavy atom. The topological polar surface area (TPSA) is 61.8 Å². The van der Waals surface area contributed by atoms with E-state index in [0.717, 1.165) is 12.2 Å². The Kier molecular flexibility index (Phi) is 3.72. The first kappa shape index (κ1) is 12.7. The first-order valence-electron chi connectivity index (χ1n) is 6.03. The van der Waals surface area contributed by atoms with Crippen LogP contribution >= 0.6 is 0 Å². The smallest absolute Gasteiger partial charge is 0.257 e. The zero-order valence-electron chi connectivity index (χ0n) is 10.6. The largest absolute Gasteiger partial charge is 0.489 e.